The second-order valence-electron chi connectivity index (χ2n) is 5.88. The Morgan fingerprint density at radius 3 is 2.37 bits per heavy atom. The molecule has 0 aromatic heterocycles. The van der Waals surface area contributed by atoms with Gasteiger partial charge in [0.25, 0.3) is 11.8 Å². The number of carbonyl (C=O) groups is 2. The molecule has 2 aromatic carbocycles. The average Bonchev–Trinajstić information content (AvgIpc) is 2.69. The van der Waals surface area contributed by atoms with Gasteiger partial charge < -0.3 is 11.1 Å². The molecule has 0 saturated carbocycles. The summed E-state index contributed by atoms with van der Waals surface area (Å²) < 4.78 is 0. The first-order valence-corrected chi connectivity index (χ1v) is 8.35. The second kappa shape index (κ2) is 9.92. The number of hydrogen-bond acceptors (Lipinski definition) is 4. The van der Waals surface area contributed by atoms with Crippen LogP contribution in [-0.4, -0.2) is 29.1 Å². The Kier molecular flexibility index (Phi) is 7.32. The maximum atomic E-state index is 12.2. The predicted octanol–water partition coefficient (Wildman–Crippen LogP) is 1.70. The SMILES string of the molecule is C[C@@H](N)[C@H](NC(=O)c1ccc(C#CC=Cc2ccccc2)cc1)C(=O)NO. The van der Waals surface area contributed by atoms with E-state index in [-0.39, 0.29) is 0 Å². The van der Waals surface area contributed by atoms with Crippen molar-refractivity contribution in [3.05, 3.63) is 77.4 Å². The number of rotatable bonds is 5. The molecule has 0 radical (unpaired) electrons. The minimum atomic E-state index is -1.04. The Morgan fingerprint density at radius 2 is 1.78 bits per heavy atom. The standard InChI is InChI=1S/C21H21N3O3/c1-15(22)19(21(26)24-27)23-20(25)18-13-11-17(12-14-18)10-6-5-9-16-7-3-2-4-8-16/h2-5,7-9,11-15,19,27H,22H2,1H3,(H,23,25)(H,24,26)/t15-,19+/m1/s1. The number of carbonyl (C=O) groups excluding carboxylic acids is 2. The van der Waals surface area contributed by atoms with E-state index in [1.54, 1.807) is 37.3 Å². The second-order valence-corrected chi connectivity index (χ2v) is 5.88. The molecule has 5 N–H and O–H groups in total. The van der Waals surface area contributed by atoms with Crippen molar-refractivity contribution in [1.29, 1.82) is 0 Å². The molecular weight excluding hydrogens is 342 g/mol. The van der Waals surface area contributed by atoms with Crippen LogP contribution < -0.4 is 16.5 Å². The summed E-state index contributed by atoms with van der Waals surface area (Å²) in [7, 11) is 0. The van der Waals surface area contributed by atoms with Gasteiger partial charge in [0.2, 0.25) is 0 Å². The first-order chi connectivity index (χ1) is 13.0. The Balaban J connectivity index is 2.00. The van der Waals surface area contributed by atoms with Crippen LogP contribution in [0.15, 0.2) is 60.7 Å². The molecule has 0 saturated heterocycles. The molecular formula is C21H21N3O3. The molecule has 0 aliphatic rings. The van der Waals surface area contributed by atoms with Crippen molar-refractivity contribution >= 4 is 17.9 Å². The monoisotopic (exact) mass is 363 g/mol. The van der Waals surface area contributed by atoms with E-state index in [0.29, 0.717) is 5.56 Å². The molecule has 2 amide bonds. The Morgan fingerprint density at radius 1 is 1.11 bits per heavy atom. The summed E-state index contributed by atoms with van der Waals surface area (Å²) in [5, 5.41) is 11.2. The van der Waals surface area contributed by atoms with Crippen LogP contribution in [0.1, 0.15) is 28.4 Å². The summed E-state index contributed by atoms with van der Waals surface area (Å²) in [6.07, 6.45) is 3.67. The highest BCUT2D eigenvalue weighted by Crippen LogP contribution is 2.05. The van der Waals surface area contributed by atoms with Gasteiger partial charge in [0.05, 0.1) is 0 Å². The smallest absolute Gasteiger partial charge is 0.267 e. The van der Waals surface area contributed by atoms with Crippen molar-refractivity contribution in [3.8, 4) is 11.8 Å². The number of benzene rings is 2. The van der Waals surface area contributed by atoms with Crippen LogP contribution in [0.2, 0.25) is 0 Å². The maximum Gasteiger partial charge on any atom is 0.267 e. The summed E-state index contributed by atoms with van der Waals surface area (Å²) in [6, 6.07) is 14.8. The summed E-state index contributed by atoms with van der Waals surface area (Å²) in [5.74, 6) is 4.68. The van der Waals surface area contributed by atoms with Gasteiger partial charge in [-0.05, 0) is 48.9 Å². The van der Waals surface area contributed by atoms with E-state index < -0.39 is 23.9 Å². The highest BCUT2D eigenvalue weighted by Gasteiger charge is 2.24. The van der Waals surface area contributed by atoms with Gasteiger partial charge in [0.15, 0.2) is 0 Å². The third kappa shape index (κ3) is 6.12. The zero-order chi connectivity index (χ0) is 19.6. The van der Waals surface area contributed by atoms with Crippen LogP contribution in [0.3, 0.4) is 0 Å². The van der Waals surface area contributed by atoms with Crippen molar-refractivity contribution in [2.45, 2.75) is 19.0 Å². The van der Waals surface area contributed by atoms with Crippen LogP contribution in [0.5, 0.6) is 0 Å². The van der Waals surface area contributed by atoms with Crippen LogP contribution >= 0.6 is 0 Å². The molecule has 0 spiro atoms. The van der Waals surface area contributed by atoms with Crippen LogP contribution in [-0.2, 0) is 4.79 Å². The van der Waals surface area contributed by atoms with Gasteiger partial charge in [-0.1, -0.05) is 42.2 Å². The summed E-state index contributed by atoms with van der Waals surface area (Å²) in [5.41, 5.74) is 9.33. The lowest BCUT2D eigenvalue weighted by atomic mass is 10.1. The van der Waals surface area contributed by atoms with Gasteiger partial charge in [-0.3, -0.25) is 14.8 Å². The summed E-state index contributed by atoms with van der Waals surface area (Å²) in [6.45, 7) is 1.56. The lowest BCUT2D eigenvalue weighted by Crippen LogP contribution is -2.54. The van der Waals surface area contributed by atoms with E-state index in [9.17, 15) is 9.59 Å². The molecule has 0 aliphatic heterocycles. The van der Waals surface area contributed by atoms with E-state index in [0.717, 1.165) is 11.1 Å². The summed E-state index contributed by atoms with van der Waals surface area (Å²) in [4.78, 5) is 23.8. The molecule has 0 heterocycles. The lowest BCUT2D eigenvalue weighted by Gasteiger charge is -2.19. The van der Waals surface area contributed by atoms with Crippen LogP contribution in [0.25, 0.3) is 6.08 Å². The number of nitrogens with two attached hydrogens (primary N) is 1. The van der Waals surface area contributed by atoms with E-state index in [1.165, 1.54) is 5.48 Å². The van der Waals surface area contributed by atoms with E-state index in [1.807, 2.05) is 36.4 Å². The maximum absolute atomic E-state index is 12.2. The molecule has 6 heteroatoms. The summed E-state index contributed by atoms with van der Waals surface area (Å²) >= 11 is 0. The normalized spacial score (nSPS) is 12.6. The third-order valence-corrected chi connectivity index (χ3v) is 3.73. The molecule has 0 bridgehead atoms. The molecule has 0 fully saturated rings. The Hall–Kier alpha value is -3.40. The first-order valence-electron chi connectivity index (χ1n) is 8.35. The molecule has 0 aliphatic carbocycles. The fourth-order valence-corrected chi connectivity index (χ4v) is 2.26. The van der Waals surface area contributed by atoms with Crippen molar-refractivity contribution in [2.75, 3.05) is 0 Å². The number of amides is 2. The molecule has 0 unspecified atom stereocenters. The molecule has 6 nitrogen and oxygen atoms in total. The fraction of sp³-hybridized carbons (Fsp3) is 0.143. The quantitative estimate of drug-likeness (QED) is 0.369. The lowest BCUT2D eigenvalue weighted by molar-refractivity contribution is -0.131. The van der Waals surface area contributed by atoms with Crippen molar-refractivity contribution < 1.29 is 14.8 Å². The highest BCUT2D eigenvalue weighted by molar-refractivity contribution is 5.97. The molecule has 2 rings (SSSR count). The van der Waals surface area contributed by atoms with Gasteiger partial charge in [0.1, 0.15) is 6.04 Å². The van der Waals surface area contributed by atoms with Gasteiger partial charge in [0, 0.05) is 17.2 Å². The number of hydrogen-bond donors (Lipinski definition) is 4. The predicted molar refractivity (Wildman–Crippen MR) is 104 cm³/mol. The molecule has 27 heavy (non-hydrogen) atoms. The average molecular weight is 363 g/mol. The zero-order valence-corrected chi connectivity index (χ0v) is 14.8. The van der Waals surface area contributed by atoms with Gasteiger partial charge in [-0.15, -0.1) is 0 Å². The van der Waals surface area contributed by atoms with Crippen molar-refractivity contribution in [3.63, 3.8) is 0 Å². The Bertz CT molecular complexity index is 863. The van der Waals surface area contributed by atoms with E-state index in [2.05, 4.69) is 17.2 Å². The van der Waals surface area contributed by atoms with Gasteiger partial charge in [-0.25, -0.2) is 5.48 Å². The highest BCUT2D eigenvalue weighted by atomic mass is 16.5. The number of hydroxylamine groups is 1. The van der Waals surface area contributed by atoms with Crippen LogP contribution in [0.4, 0.5) is 0 Å². The minimum Gasteiger partial charge on any atom is -0.339 e. The third-order valence-electron chi connectivity index (χ3n) is 3.73. The van der Waals surface area contributed by atoms with E-state index >= 15 is 0 Å². The topological polar surface area (TPSA) is 104 Å². The van der Waals surface area contributed by atoms with Crippen LogP contribution in [0, 0.1) is 11.8 Å². The number of nitrogens with one attached hydrogen (secondary N) is 2. The Labute approximate surface area is 158 Å². The molecule has 138 valence electrons. The van der Waals surface area contributed by atoms with Gasteiger partial charge >= 0.3 is 0 Å². The van der Waals surface area contributed by atoms with E-state index in [4.69, 9.17) is 10.9 Å². The van der Waals surface area contributed by atoms with Gasteiger partial charge in [-0.2, -0.15) is 0 Å². The molecule has 2 atom stereocenters. The minimum absolute atomic E-state index is 0.358. The zero-order valence-electron chi connectivity index (χ0n) is 14.8. The fourth-order valence-electron chi connectivity index (χ4n) is 2.26. The first kappa shape index (κ1) is 19.9. The van der Waals surface area contributed by atoms with Crippen molar-refractivity contribution in [2.24, 2.45) is 5.73 Å². The largest absolute Gasteiger partial charge is 0.339 e. The molecule has 2 aromatic rings. The van der Waals surface area contributed by atoms with Crippen molar-refractivity contribution in [1.82, 2.24) is 10.8 Å². The number of allylic oxidation sites excluding steroid dienone is 1.